The van der Waals surface area contributed by atoms with Gasteiger partial charge in [0.2, 0.25) is 0 Å². The molecule has 2 nitrogen and oxygen atoms in total. The van der Waals surface area contributed by atoms with Gasteiger partial charge in [0.05, 0.1) is 6.42 Å². The summed E-state index contributed by atoms with van der Waals surface area (Å²) < 4.78 is 0. The number of hydrogen-bond donors (Lipinski definition) is 1. The van der Waals surface area contributed by atoms with Crippen LogP contribution < -0.4 is 0 Å². The summed E-state index contributed by atoms with van der Waals surface area (Å²) in [4.78, 5) is 10.6. The van der Waals surface area contributed by atoms with Gasteiger partial charge in [-0.2, -0.15) is 0 Å². The summed E-state index contributed by atoms with van der Waals surface area (Å²) in [5.74, 6) is -0.791. The van der Waals surface area contributed by atoms with Crippen LogP contribution in [0.15, 0.2) is 58.7 Å². The number of rotatable bonds is 5. The highest BCUT2D eigenvalue weighted by atomic mass is 16.4. The normalized spacial score (nSPS) is 21.3. The minimum absolute atomic E-state index is 0.0926. The van der Waals surface area contributed by atoms with Crippen LogP contribution in [-0.4, -0.2) is 11.1 Å². The van der Waals surface area contributed by atoms with Gasteiger partial charge in [0.15, 0.2) is 0 Å². The smallest absolute Gasteiger partial charge is 0.307 e. The number of carboxylic acids is 1. The molecule has 1 rings (SSSR count). The molecule has 1 N–H and O–H groups in total. The van der Waals surface area contributed by atoms with Crippen molar-refractivity contribution in [2.24, 2.45) is 5.41 Å². The fraction of sp³-hybridized carbons (Fsp3) is 0.450. The van der Waals surface area contributed by atoms with Crippen molar-refractivity contribution in [2.45, 2.75) is 53.9 Å². The molecule has 0 saturated carbocycles. The van der Waals surface area contributed by atoms with Gasteiger partial charge in [-0.3, -0.25) is 4.79 Å². The van der Waals surface area contributed by atoms with Crippen molar-refractivity contribution in [1.29, 1.82) is 0 Å². The molecule has 0 spiro atoms. The number of hydrogen-bond acceptors (Lipinski definition) is 1. The first kappa shape index (κ1) is 18.2. The maximum Gasteiger partial charge on any atom is 0.307 e. The average Bonchev–Trinajstić information content (AvgIpc) is 2.36. The summed E-state index contributed by atoms with van der Waals surface area (Å²) in [5.41, 5.74) is 5.02. The molecule has 2 heteroatoms. The van der Waals surface area contributed by atoms with E-state index in [1.54, 1.807) is 0 Å². The predicted molar refractivity (Wildman–Crippen MR) is 93.8 cm³/mol. The van der Waals surface area contributed by atoms with Crippen molar-refractivity contribution in [2.75, 3.05) is 0 Å². The quantitative estimate of drug-likeness (QED) is 0.671. The van der Waals surface area contributed by atoms with Crippen LogP contribution in [0.2, 0.25) is 0 Å². The third-order valence-corrected chi connectivity index (χ3v) is 4.06. The van der Waals surface area contributed by atoms with Gasteiger partial charge >= 0.3 is 5.97 Å². The molecule has 0 aliphatic heterocycles. The van der Waals surface area contributed by atoms with Crippen molar-refractivity contribution in [3.63, 3.8) is 0 Å². The van der Waals surface area contributed by atoms with Gasteiger partial charge in [-0.05, 0) is 44.6 Å². The van der Waals surface area contributed by atoms with Gasteiger partial charge in [0, 0.05) is 0 Å². The fourth-order valence-electron chi connectivity index (χ4n) is 2.72. The monoisotopic (exact) mass is 300 g/mol. The summed E-state index contributed by atoms with van der Waals surface area (Å²) in [6.45, 7) is 10.7. The van der Waals surface area contributed by atoms with E-state index in [4.69, 9.17) is 5.11 Å². The first-order valence-corrected chi connectivity index (χ1v) is 7.84. The second-order valence-electron chi connectivity index (χ2n) is 6.74. The fourth-order valence-corrected chi connectivity index (χ4v) is 2.72. The molecule has 0 aromatic heterocycles. The number of aliphatic carboxylic acids is 1. The zero-order valence-corrected chi connectivity index (χ0v) is 14.4. The Balaban J connectivity index is 2.81. The Kier molecular flexibility index (Phi) is 6.61. The Bertz CT molecular complexity index is 567. The molecule has 0 bridgehead atoms. The van der Waals surface area contributed by atoms with Crippen molar-refractivity contribution in [3.05, 3.63) is 58.7 Å². The summed E-state index contributed by atoms with van der Waals surface area (Å²) in [7, 11) is 0. The van der Waals surface area contributed by atoms with Crippen LogP contribution in [-0.2, 0) is 4.79 Å². The highest BCUT2D eigenvalue weighted by Crippen LogP contribution is 2.40. The van der Waals surface area contributed by atoms with Crippen LogP contribution >= 0.6 is 0 Å². The lowest BCUT2D eigenvalue weighted by Crippen LogP contribution is -2.18. The van der Waals surface area contributed by atoms with E-state index in [1.807, 2.05) is 25.2 Å². The lowest BCUT2D eigenvalue weighted by molar-refractivity contribution is -0.136. The van der Waals surface area contributed by atoms with Crippen LogP contribution in [0.4, 0.5) is 0 Å². The van der Waals surface area contributed by atoms with Crippen molar-refractivity contribution < 1.29 is 9.90 Å². The van der Waals surface area contributed by atoms with Gasteiger partial charge < -0.3 is 5.11 Å². The van der Waals surface area contributed by atoms with Gasteiger partial charge in [-0.1, -0.05) is 67.0 Å². The Morgan fingerprint density at radius 3 is 2.59 bits per heavy atom. The molecule has 0 fully saturated rings. The Morgan fingerprint density at radius 1 is 1.32 bits per heavy atom. The zero-order valence-electron chi connectivity index (χ0n) is 14.4. The van der Waals surface area contributed by atoms with Crippen molar-refractivity contribution >= 4 is 5.97 Å². The second-order valence-corrected chi connectivity index (χ2v) is 6.74. The second kappa shape index (κ2) is 7.98. The third kappa shape index (κ3) is 5.88. The molecule has 120 valence electrons. The molecule has 0 radical (unpaired) electrons. The SMILES string of the molecule is CC1=CCCC(C)(C)/C1=C/C=C(C)/C=C/C=C(/C)CC(=O)O. The Hall–Kier alpha value is -1.83. The van der Waals surface area contributed by atoms with Crippen molar-refractivity contribution in [3.8, 4) is 0 Å². The van der Waals surface area contributed by atoms with Gasteiger partial charge in [0.25, 0.3) is 0 Å². The van der Waals surface area contributed by atoms with Crippen LogP contribution in [0.3, 0.4) is 0 Å². The first-order valence-electron chi connectivity index (χ1n) is 7.84. The molecule has 0 saturated heterocycles. The molecule has 0 amide bonds. The number of carboxylic acid groups (broad SMARTS) is 1. The van der Waals surface area contributed by atoms with E-state index in [0.29, 0.717) is 0 Å². The molecule has 1 aliphatic rings. The molecular formula is C20H28O2. The molecule has 22 heavy (non-hydrogen) atoms. The molecule has 0 atom stereocenters. The Morgan fingerprint density at radius 2 is 2.00 bits per heavy atom. The molecule has 0 aromatic carbocycles. The summed E-state index contributed by atoms with van der Waals surface area (Å²) in [6.07, 6.45) is 14.9. The van der Waals surface area contributed by atoms with E-state index < -0.39 is 5.97 Å². The largest absolute Gasteiger partial charge is 0.481 e. The molecule has 1 aliphatic carbocycles. The van der Waals surface area contributed by atoms with E-state index in [0.717, 1.165) is 17.6 Å². The molecular weight excluding hydrogens is 272 g/mol. The first-order chi connectivity index (χ1) is 10.2. The van der Waals surface area contributed by atoms with E-state index >= 15 is 0 Å². The minimum Gasteiger partial charge on any atom is -0.481 e. The van der Waals surface area contributed by atoms with E-state index in [9.17, 15) is 4.79 Å². The molecule has 0 unspecified atom stereocenters. The van der Waals surface area contributed by atoms with E-state index in [1.165, 1.54) is 17.6 Å². The number of allylic oxidation sites excluding steroid dienone is 9. The van der Waals surface area contributed by atoms with Gasteiger partial charge in [-0.15, -0.1) is 0 Å². The molecule has 0 heterocycles. The maximum absolute atomic E-state index is 10.6. The van der Waals surface area contributed by atoms with E-state index in [2.05, 4.69) is 45.9 Å². The van der Waals surface area contributed by atoms with Crippen LogP contribution in [0.1, 0.15) is 53.9 Å². The highest BCUT2D eigenvalue weighted by Gasteiger charge is 2.26. The van der Waals surface area contributed by atoms with Crippen LogP contribution in [0, 0.1) is 5.41 Å². The van der Waals surface area contributed by atoms with Crippen molar-refractivity contribution in [1.82, 2.24) is 0 Å². The van der Waals surface area contributed by atoms with Gasteiger partial charge in [-0.25, -0.2) is 0 Å². The Labute approximate surface area is 134 Å². The van der Waals surface area contributed by atoms with Crippen LogP contribution in [0.5, 0.6) is 0 Å². The average molecular weight is 300 g/mol. The third-order valence-electron chi connectivity index (χ3n) is 4.06. The van der Waals surface area contributed by atoms with Gasteiger partial charge in [0.1, 0.15) is 0 Å². The summed E-state index contributed by atoms with van der Waals surface area (Å²) in [6, 6.07) is 0. The number of carbonyl (C=O) groups is 1. The maximum atomic E-state index is 10.6. The lowest BCUT2D eigenvalue weighted by atomic mass is 9.73. The molecule has 0 aromatic rings. The standard InChI is InChI=1S/C20H28O2/c1-15(8-6-9-16(2)14-19(21)22)11-12-18-17(3)10-7-13-20(18,4)5/h6,8-12H,7,13-14H2,1-5H3,(H,21,22)/b8-6+,15-11+,16-9-,18-12+. The zero-order chi connectivity index (χ0) is 16.8. The van der Waals surface area contributed by atoms with E-state index in [-0.39, 0.29) is 11.8 Å². The topological polar surface area (TPSA) is 37.3 Å². The summed E-state index contributed by atoms with van der Waals surface area (Å²) >= 11 is 0. The minimum atomic E-state index is -0.791. The lowest BCUT2D eigenvalue weighted by Gasteiger charge is -2.32. The summed E-state index contributed by atoms with van der Waals surface area (Å²) in [5, 5.41) is 8.71. The van der Waals surface area contributed by atoms with Crippen LogP contribution in [0.25, 0.3) is 0 Å². The predicted octanol–water partition coefficient (Wildman–Crippen LogP) is 5.60. The highest BCUT2D eigenvalue weighted by molar-refractivity contribution is 5.69.